The van der Waals surface area contributed by atoms with E-state index in [0.29, 0.717) is 5.02 Å². The van der Waals surface area contributed by atoms with E-state index in [4.69, 9.17) is 16.9 Å². The first-order chi connectivity index (χ1) is 5.74. The van der Waals surface area contributed by atoms with Crippen LogP contribution in [-0.4, -0.2) is 0 Å². The lowest BCUT2D eigenvalue weighted by Crippen LogP contribution is -1.79. The van der Waals surface area contributed by atoms with Crippen LogP contribution < -0.4 is 0 Å². The molecule has 0 amide bonds. The van der Waals surface area contributed by atoms with Crippen LogP contribution in [-0.2, 0) is 0 Å². The summed E-state index contributed by atoms with van der Waals surface area (Å²) in [5, 5.41) is 8.87. The zero-order valence-corrected chi connectivity index (χ0v) is 8.85. The molecule has 0 saturated heterocycles. The largest absolute Gasteiger partial charge is 0.183 e. The maximum Gasteiger partial charge on any atom is 0.152 e. The summed E-state index contributed by atoms with van der Waals surface area (Å²) in [6, 6.07) is 7.16. The highest BCUT2D eigenvalue weighted by atomic mass is 127. The van der Waals surface area contributed by atoms with Crippen LogP contribution in [0.5, 0.6) is 0 Å². The number of hydrogen-bond acceptors (Lipinski definition) is 1. The van der Waals surface area contributed by atoms with Gasteiger partial charge in [0.1, 0.15) is 0 Å². The van der Waals surface area contributed by atoms with E-state index in [2.05, 4.69) is 34.4 Å². The Bertz CT molecular complexity index is 395. The Morgan fingerprint density at radius 3 is 2.83 bits per heavy atom. The van der Waals surface area contributed by atoms with E-state index in [1.165, 1.54) is 0 Å². The standard InChI is InChI=1S/C9H3ClIN/c10-8-3-4-9(11)7(6-8)2-1-5-12/h3-4,6H. The van der Waals surface area contributed by atoms with Crippen molar-refractivity contribution < 1.29 is 0 Å². The Morgan fingerprint density at radius 1 is 1.42 bits per heavy atom. The quantitative estimate of drug-likeness (QED) is 0.532. The van der Waals surface area contributed by atoms with Gasteiger partial charge in [-0.25, -0.2) is 0 Å². The number of halogens is 2. The highest BCUT2D eigenvalue weighted by Gasteiger charge is 1.95. The van der Waals surface area contributed by atoms with Crippen molar-refractivity contribution in [1.29, 1.82) is 5.26 Å². The van der Waals surface area contributed by atoms with E-state index in [9.17, 15) is 0 Å². The topological polar surface area (TPSA) is 23.8 Å². The van der Waals surface area contributed by atoms with Crippen molar-refractivity contribution in [1.82, 2.24) is 0 Å². The number of nitrogens with zero attached hydrogens (tertiary/aromatic N) is 1. The highest BCUT2D eigenvalue weighted by molar-refractivity contribution is 14.1. The number of rotatable bonds is 0. The van der Waals surface area contributed by atoms with E-state index in [-0.39, 0.29) is 0 Å². The minimum Gasteiger partial charge on any atom is -0.183 e. The third-order valence-corrected chi connectivity index (χ3v) is 2.36. The van der Waals surface area contributed by atoms with Gasteiger partial charge in [-0.15, -0.1) is 0 Å². The number of benzene rings is 1. The monoisotopic (exact) mass is 287 g/mol. The van der Waals surface area contributed by atoms with Crippen LogP contribution in [0.15, 0.2) is 18.2 Å². The molecule has 1 nitrogen and oxygen atoms in total. The van der Waals surface area contributed by atoms with Crippen molar-refractivity contribution >= 4 is 34.2 Å². The zero-order valence-electron chi connectivity index (χ0n) is 5.94. The van der Waals surface area contributed by atoms with Crippen LogP contribution in [0.25, 0.3) is 0 Å². The van der Waals surface area contributed by atoms with Crippen LogP contribution in [0.2, 0.25) is 5.02 Å². The second-order valence-corrected chi connectivity index (χ2v) is 3.58. The molecule has 0 N–H and O–H groups in total. The lowest BCUT2D eigenvalue weighted by molar-refractivity contribution is 1.54. The van der Waals surface area contributed by atoms with Crippen LogP contribution in [0.1, 0.15) is 5.56 Å². The number of nitriles is 1. The summed E-state index contributed by atoms with van der Waals surface area (Å²) >= 11 is 7.89. The molecule has 1 aromatic rings. The molecule has 1 aromatic carbocycles. The predicted octanol–water partition coefficient (Wildman–Crippen LogP) is 2.82. The minimum atomic E-state index is 0.637. The molecule has 58 valence electrons. The molecule has 0 unspecified atom stereocenters. The van der Waals surface area contributed by atoms with Gasteiger partial charge in [0.2, 0.25) is 0 Å². The summed E-state index contributed by atoms with van der Waals surface area (Å²) in [6.07, 6.45) is 0. The highest BCUT2D eigenvalue weighted by Crippen LogP contribution is 2.16. The Balaban J connectivity index is 3.16. The maximum atomic E-state index is 8.23. The van der Waals surface area contributed by atoms with Crippen molar-refractivity contribution in [3.05, 3.63) is 32.4 Å². The molecular formula is C9H3ClIN. The third-order valence-electron chi connectivity index (χ3n) is 1.18. The molecular weight excluding hydrogens is 284 g/mol. The molecule has 3 heteroatoms. The molecule has 0 aliphatic rings. The average Bonchev–Trinajstić information content (AvgIpc) is 2.07. The lowest BCUT2D eigenvalue weighted by Gasteiger charge is -1.94. The van der Waals surface area contributed by atoms with Gasteiger partial charge in [0, 0.05) is 20.1 Å². The molecule has 0 fully saturated rings. The van der Waals surface area contributed by atoms with Crippen LogP contribution in [0.4, 0.5) is 0 Å². The van der Waals surface area contributed by atoms with Crippen molar-refractivity contribution in [3.8, 4) is 17.9 Å². The maximum absolute atomic E-state index is 8.23. The van der Waals surface area contributed by atoms with Crippen molar-refractivity contribution in [2.75, 3.05) is 0 Å². The van der Waals surface area contributed by atoms with Gasteiger partial charge >= 0.3 is 0 Å². The van der Waals surface area contributed by atoms with Gasteiger partial charge in [-0.3, -0.25) is 0 Å². The predicted molar refractivity (Wildman–Crippen MR) is 56.7 cm³/mol. The Hall–Kier alpha value is -0.710. The lowest BCUT2D eigenvalue weighted by atomic mass is 10.2. The van der Waals surface area contributed by atoms with E-state index in [1.807, 2.05) is 6.07 Å². The second-order valence-electron chi connectivity index (χ2n) is 1.99. The van der Waals surface area contributed by atoms with Gasteiger partial charge in [-0.05, 0) is 46.7 Å². The summed E-state index contributed by atoms with van der Waals surface area (Å²) in [5.41, 5.74) is 0.796. The zero-order chi connectivity index (χ0) is 8.97. The molecule has 0 spiro atoms. The van der Waals surface area contributed by atoms with Crippen LogP contribution >= 0.6 is 34.2 Å². The molecule has 0 saturated carbocycles. The Morgan fingerprint density at radius 2 is 2.17 bits per heavy atom. The van der Waals surface area contributed by atoms with E-state index in [0.717, 1.165) is 9.13 Å². The summed E-state index contributed by atoms with van der Waals surface area (Å²) in [4.78, 5) is 0. The first-order valence-corrected chi connectivity index (χ1v) is 4.55. The van der Waals surface area contributed by atoms with E-state index in [1.54, 1.807) is 18.2 Å². The van der Waals surface area contributed by atoms with Crippen molar-refractivity contribution in [2.45, 2.75) is 0 Å². The summed E-state index contributed by atoms with van der Waals surface area (Å²) in [5.74, 6) is 5.03. The first-order valence-electron chi connectivity index (χ1n) is 3.09. The molecule has 0 aromatic heterocycles. The van der Waals surface area contributed by atoms with Crippen LogP contribution in [0.3, 0.4) is 0 Å². The third kappa shape index (κ3) is 2.41. The molecule has 12 heavy (non-hydrogen) atoms. The Kier molecular flexibility index (Phi) is 3.40. The van der Waals surface area contributed by atoms with Crippen molar-refractivity contribution in [2.24, 2.45) is 0 Å². The SMILES string of the molecule is N#CC#Cc1cc(Cl)ccc1I. The molecule has 0 aliphatic carbocycles. The van der Waals surface area contributed by atoms with Gasteiger partial charge in [0.25, 0.3) is 0 Å². The fourth-order valence-electron chi connectivity index (χ4n) is 0.689. The van der Waals surface area contributed by atoms with Crippen LogP contribution in [0, 0.1) is 26.7 Å². The fourth-order valence-corrected chi connectivity index (χ4v) is 1.33. The van der Waals surface area contributed by atoms with Gasteiger partial charge in [-0.1, -0.05) is 11.6 Å². The smallest absolute Gasteiger partial charge is 0.152 e. The number of hydrogen-bond donors (Lipinski definition) is 0. The molecule has 0 radical (unpaired) electrons. The summed E-state index contributed by atoms with van der Waals surface area (Å²) < 4.78 is 1.000. The second kappa shape index (κ2) is 4.35. The molecule has 1 rings (SSSR count). The minimum absolute atomic E-state index is 0.637. The van der Waals surface area contributed by atoms with Gasteiger partial charge in [0.05, 0.1) is 0 Å². The van der Waals surface area contributed by atoms with E-state index < -0.39 is 0 Å². The molecule has 0 atom stereocenters. The normalized spacial score (nSPS) is 8.08. The molecule has 0 heterocycles. The van der Waals surface area contributed by atoms with Gasteiger partial charge < -0.3 is 0 Å². The first kappa shape index (κ1) is 9.38. The average molecular weight is 287 g/mol. The van der Waals surface area contributed by atoms with Gasteiger partial charge in [0.15, 0.2) is 6.07 Å². The summed E-state index contributed by atoms with van der Waals surface area (Å²) in [7, 11) is 0. The van der Waals surface area contributed by atoms with Gasteiger partial charge in [-0.2, -0.15) is 5.26 Å². The fraction of sp³-hybridized carbons (Fsp3) is 0. The summed E-state index contributed by atoms with van der Waals surface area (Å²) in [6.45, 7) is 0. The Labute approximate surface area is 89.5 Å². The van der Waals surface area contributed by atoms with Crippen molar-refractivity contribution in [3.63, 3.8) is 0 Å². The van der Waals surface area contributed by atoms with E-state index >= 15 is 0 Å². The molecule has 0 bridgehead atoms. The molecule has 0 aliphatic heterocycles.